The highest BCUT2D eigenvalue weighted by molar-refractivity contribution is 7.12. The summed E-state index contributed by atoms with van der Waals surface area (Å²) >= 11 is 1.46. The van der Waals surface area contributed by atoms with E-state index in [2.05, 4.69) is 44.0 Å². The molecule has 2 aromatic heterocycles. The summed E-state index contributed by atoms with van der Waals surface area (Å²) in [5, 5.41) is 18.8. The highest BCUT2D eigenvalue weighted by atomic mass is 32.1. The number of nitrogens with zero attached hydrogens (tertiary/aromatic N) is 3. The fourth-order valence-corrected chi connectivity index (χ4v) is 4.65. The molecule has 0 radical (unpaired) electrons. The number of anilines is 4. The van der Waals surface area contributed by atoms with Crippen LogP contribution in [0.2, 0.25) is 0 Å². The molecule has 0 spiro atoms. The molecule has 2 fully saturated rings. The van der Waals surface area contributed by atoms with E-state index in [0.29, 0.717) is 18.4 Å². The van der Waals surface area contributed by atoms with E-state index >= 15 is 0 Å². The zero-order valence-electron chi connectivity index (χ0n) is 22.1. The minimum absolute atomic E-state index is 0.0125. The van der Waals surface area contributed by atoms with Crippen LogP contribution in [0.4, 0.5) is 36.3 Å². The molecule has 1 aromatic carbocycles. The van der Waals surface area contributed by atoms with Gasteiger partial charge in [-0.15, -0.1) is 11.3 Å². The summed E-state index contributed by atoms with van der Waals surface area (Å²) in [6.45, 7) is 4.67. The maximum Gasteiger partial charge on any atom is 0.490 e. The molecule has 14 heteroatoms. The van der Waals surface area contributed by atoms with Crippen LogP contribution in [0, 0.1) is 0 Å². The van der Waals surface area contributed by atoms with E-state index in [-0.39, 0.29) is 5.91 Å². The number of rotatable bonds is 10. The predicted octanol–water partition coefficient (Wildman–Crippen LogP) is 4.86. The van der Waals surface area contributed by atoms with Crippen LogP contribution in [0.3, 0.4) is 0 Å². The Kier molecular flexibility index (Phi) is 10.4. The van der Waals surface area contributed by atoms with Gasteiger partial charge in [0.2, 0.25) is 5.95 Å². The van der Waals surface area contributed by atoms with Crippen LogP contribution >= 0.6 is 11.3 Å². The molecule has 1 aliphatic carbocycles. The van der Waals surface area contributed by atoms with Crippen molar-refractivity contribution in [3.8, 4) is 0 Å². The number of nitrogens with one attached hydrogen (secondary N) is 3. The van der Waals surface area contributed by atoms with E-state index in [1.807, 2.05) is 29.8 Å². The average Bonchev–Trinajstić information content (AvgIpc) is 3.65. The normalized spacial score (nSPS) is 15.0. The van der Waals surface area contributed by atoms with Crippen LogP contribution in [0.1, 0.15) is 40.4 Å². The highest BCUT2D eigenvalue weighted by Crippen LogP contribution is 2.42. The van der Waals surface area contributed by atoms with Crippen molar-refractivity contribution in [3.63, 3.8) is 0 Å². The van der Waals surface area contributed by atoms with Crippen LogP contribution in [0.15, 0.2) is 48.0 Å². The zero-order valence-corrected chi connectivity index (χ0v) is 22.9. The number of carbonyl (C=O) groups excluding carboxylic acids is 1. The SMILES string of the molecule is O=C(NCCCNc1nc(Nc2cccc(N3CCOCC3)c2)ncc1C1CC1)c1cccs1.O=C(O)C(F)(F)F. The van der Waals surface area contributed by atoms with Gasteiger partial charge >= 0.3 is 12.1 Å². The van der Waals surface area contributed by atoms with E-state index in [0.717, 1.165) is 55.7 Å². The number of halogens is 3. The summed E-state index contributed by atoms with van der Waals surface area (Å²) in [4.78, 5) is 33.4. The van der Waals surface area contributed by atoms with Crippen LogP contribution in [0.25, 0.3) is 0 Å². The molecule has 2 aliphatic rings. The summed E-state index contributed by atoms with van der Waals surface area (Å²) in [5.74, 6) is -0.764. The predicted molar refractivity (Wildman–Crippen MR) is 150 cm³/mol. The second-order valence-corrected chi connectivity index (χ2v) is 10.3. The van der Waals surface area contributed by atoms with Gasteiger partial charge in [-0.2, -0.15) is 18.2 Å². The number of alkyl halides is 3. The fraction of sp³-hybridized carbons (Fsp3) is 0.407. The van der Waals surface area contributed by atoms with Gasteiger partial charge in [-0.25, -0.2) is 9.78 Å². The minimum atomic E-state index is -5.08. The number of carbonyl (C=O) groups is 2. The molecule has 1 aliphatic heterocycles. The number of thiophene rings is 1. The number of amides is 1. The second-order valence-electron chi connectivity index (χ2n) is 9.36. The van der Waals surface area contributed by atoms with Crippen LogP contribution in [0.5, 0.6) is 0 Å². The monoisotopic (exact) mass is 592 g/mol. The molecule has 1 amide bonds. The molecule has 0 unspecified atom stereocenters. The Morgan fingerprint density at radius 1 is 1.12 bits per heavy atom. The second kappa shape index (κ2) is 14.1. The number of benzene rings is 1. The highest BCUT2D eigenvalue weighted by Gasteiger charge is 2.38. The van der Waals surface area contributed by atoms with Crippen molar-refractivity contribution in [2.24, 2.45) is 0 Å². The molecule has 0 atom stereocenters. The van der Waals surface area contributed by atoms with Crippen LogP contribution in [-0.2, 0) is 9.53 Å². The first-order valence-electron chi connectivity index (χ1n) is 13.1. The van der Waals surface area contributed by atoms with Gasteiger partial charge in [-0.05, 0) is 54.8 Å². The van der Waals surface area contributed by atoms with E-state index < -0.39 is 12.1 Å². The quantitative estimate of drug-likeness (QED) is 0.244. The number of hydrogen-bond acceptors (Lipinski definition) is 9. The van der Waals surface area contributed by atoms with Gasteiger partial charge < -0.3 is 30.7 Å². The van der Waals surface area contributed by atoms with Gasteiger partial charge in [0.15, 0.2) is 0 Å². The molecule has 220 valence electrons. The molecule has 0 bridgehead atoms. The van der Waals surface area contributed by atoms with E-state index in [1.165, 1.54) is 35.4 Å². The number of morpholine rings is 1. The number of aromatic nitrogens is 2. The van der Waals surface area contributed by atoms with Crippen molar-refractivity contribution in [1.29, 1.82) is 0 Å². The summed E-state index contributed by atoms with van der Waals surface area (Å²) in [7, 11) is 0. The molecule has 10 nitrogen and oxygen atoms in total. The Balaban J connectivity index is 0.000000493. The van der Waals surface area contributed by atoms with Gasteiger partial charge in [0, 0.05) is 49.3 Å². The first kappa shape index (κ1) is 30.1. The molecule has 3 aromatic rings. The van der Waals surface area contributed by atoms with Crippen molar-refractivity contribution in [1.82, 2.24) is 15.3 Å². The minimum Gasteiger partial charge on any atom is -0.475 e. The summed E-state index contributed by atoms with van der Waals surface area (Å²) in [5.41, 5.74) is 3.31. The molecule has 4 N–H and O–H groups in total. The van der Waals surface area contributed by atoms with Gasteiger partial charge in [0.25, 0.3) is 5.91 Å². The van der Waals surface area contributed by atoms with Gasteiger partial charge in [0.1, 0.15) is 5.82 Å². The third-order valence-electron chi connectivity index (χ3n) is 6.23. The summed E-state index contributed by atoms with van der Waals surface area (Å²) < 4.78 is 37.2. The third-order valence-corrected chi connectivity index (χ3v) is 7.10. The Morgan fingerprint density at radius 2 is 1.88 bits per heavy atom. The number of ether oxygens (including phenoxy) is 1. The smallest absolute Gasteiger partial charge is 0.475 e. The van der Waals surface area contributed by atoms with Gasteiger partial charge in [-0.3, -0.25) is 4.79 Å². The number of aliphatic carboxylic acids is 1. The van der Waals surface area contributed by atoms with Crippen molar-refractivity contribution in [3.05, 3.63) is 58.4 Å². The largest absolute Gasteiger partial charge is 0.490 e. The topological polar surface area (TPSA) is 129 Å². The Morgan fingerprint density at radius 3 is 2.54 bits per heavy atom. The lowest BCUT2D eigenvalue weighted by atomic mass is 10.2. The molecule has 1 saturated heterocycles. The average molecular weight is 593 g/mol. The van der Waals surface area contributed by atoms with E-state index in [1.54, 1.807) is 0 Å². The fourth-order valence-electron chi connectivity index (χ4n) is 4.01. The lowest BCUT2D eigenvalue weighted by Crippen LogP contribution is -2.36. The molecular weight excluding hydrogens is 561 g/mol. The maximum atomic E-state index is 12.1. The molecule has 1 saturated carbocycles. The van der Waals surface area contributed by atoms with Crippen molar-refractivity contribution >= 4 is 46.4 Å². The van der Waals surface area contributed by atoms with Crippen molar-refractivity contribution < 1.29 is 32.6 Å². The summed E-state index contributed by atoms with van der Waals surface area (Å²) in [6, 6.07) is 12.1. The number of hydrogen-bond donors (Lipinski definition) is 4. The summed E-state index contributed by atoms with van der Waals surface area (Å²) in [6.07, 6.45) is 0.0435. The number of carboxylic acid groups (broad SMARTS) is 1. The first-order chi connectivity index (χ1) is 19.7. The molecule has 3 heterocycles. The molecular formula is C27H31F3N6O4S. The lowest BCUT2D eigenvalue weighted by molar-refractivity contribution is -0.192. The number of carboxylic acids is 1. The Bertz CT molecular complexity index is 1300. The maximum absolute atomic E-state index is 12.1. The van der Waals surface area contributed by atoms with Crippen LogP contribution in [-0.4, -0.2) is 72.5 Å². The van der Waals surface area contributed by atoms with Gasteiger partial charge in [0.05, 0.1) is 18.1 Å². The first-order valence-corrected chi connectivity index (χ1v) is 14.0. The third kappa shape index (κ3) is 9.32. The van der Waals surface area contributed by atoms with E-state index in [9.17, 15) is 18.0 Å². The molecule has 41 heavy (non-hydrogen) atoms. The van der Waals surface area contributed by atoms with Crippen LogP contribution < -0.4 is 20.9 Å². The zero-order chi connectivity index (χ0) is 29.2. The lowest BCUT2D eigenvalue weighted by Gasteiger charge is -2.29. The Hall–Kier alpha value is -3.91. The van der Waals surface area contributed by atoms with Crippen molar-refractivity contribution in [2.75, 3.05) is 54.9 Å². The van der Waals surface area contributed by atoms with E-state index in [4.69, 9.17) is 19.6 Å². The van der Waals surface area contributed by atoms with Gasteiger partial charge in [-0.1, -0.05) is 12.1 Å². The standard InChI is InChI=1S/C25H30N6O2S.C2HF3O2/c32-24(22-6-2-15-34-22)27-10-3-9-26-23-21(18-7-8-18)17-28-25(30-23)29-19-4-1-5-20(16-19)31-11-13-33-14-12-31;3-2(4,5)1(6)7/h1-2,4-6,15-18H,3,7-14H2,(H,27,32)(H2,26,28,29,30);(H,6,7). The molecule has 5 rings (SSSR count). The Labute approximate surface area is 239 Å². The van der Waals surface area contributed by atoms with Crippen molar-refractivity contribution in [2.45, 2.75) is 31.4 Å².